The second-order valence-corrected chi connectivity index (χ2v) is 11.0. The zero-order valence-corrected chi connectivity index (χ0v) is 24.8. The lowest BCUT2D eigenvalue weighted by molar-refractivity contribution is -0.131. The Hall–Kier alpha value is -5.18. The van der Waals surface area contributed by atoms with Gasteiger partial charge in [-0.3, -0.25) is 19.2 Å². The molecule has 1 unspecified atom stereocenters. The van der Waals surface area contributed by atoms with Crippen LogP contribution in [0.5, 0.6) is 5.75 Å². The van der Waals surface area contributed by atoms with E-state index in [1.165, 1.54) is 19.2 Å². The summed E-state index contributed by atoms with van der Waals surface area (Å²) in [5.74, 6) is -2.80. The standard InChI is InChI=1S/C32H35N5O7/c1-18(2)13-25(37-31(41)26-15-22-23(35-26)9-6-10-28(22)43-3)30(40)36-24(14-19-11-12-34-29(19)39)27(38)17-44-32(42)21-8-5-4-7-20(21)16-33/h4-10,15,18-19,24-25,35H,11-14,17H2,1-3H3,(H,34,39)(H,36,40)(H,37,41)/t19?,24-,25-/m1/s1. The molecule has 1 saturated heterocycles. The Balaban J connectivity index is 1.49. The van der Waals surface area contributed by atoms with Crippen molar-refractivity contribution in [2.24, 2.45) is 11.8 Å². The van der Waals surface area contributed by atoms with Crippen LogP contribution in [0.4, 0.5) is 0 Å². The Morgan fingerprint density at radius 1 is 1.07 bits per heavy atom. The Bertz CT molecular complexity index is 1610. The number of fused-ring (bicyclic) bond motifs is 1. The number of rotatable bonds is 13. The summed E-state index contributed by atoms with van der Waals surface area (Å²) in [7, 11) is 1.53. The lowest BCUT2D eigenvalue weighted by atomic mass is 9.95. The zero-order valence-electron chi connectivity index (χ0n) is 24.8. The number of ether oxygens (including phenoxy) is 2. The van der Waals surface area contributed by atoms with Crippen LogP contribution >= 0.6 is 0 Å². The third kappa shape index (κ3) is 7.60. The van der Waals surface area contributed by atoms with Crippen LogP contribution in [-0.4, -0.2) is 66.8 Å². The molecular formula is C32H35N5O7. The highest BCUT2D eigenvalue weighted by atomic mass is 16.5. The summed E-state index contributed by atoms with van der Waals surface area (Å²) >= 11 is 0. The number of benzene rings is 2. The number of amides is 3. The van der Waals surface area contributed by atoms with E-state index in [9.17, 15) is 29.2 Å². The average Bonchev–Trinajstić information content (AvgIpc) is 3.64. The molecule has 0 radical (unpaired) electrons. The fraction of sp³-hybridized carbons (Fsp3) is 0.375. The molecule has 2 heterocycles. The Morgan fingerprint density at radius 2 is 1.84 bits per heavy atom. The highest BCUT2D eigenvalue weighted by Crippen LogP contribution is 2.26. The number of hydrogen-bond acceptors (Lipinski definition) is 8. The van der Waals surface area contributed by atoms with Crippen molar-refractivity contribution in [3.8, 4) is 11.8 Å². The van der Waals surface area contributed by atoms with Crippen molar-refractivity contribution in [3.63, 3.8) is 0 Å². The van der Waals surface area contributed by atoms with Gasteiger partial charge in [-0.1, -0.05) is 32.0 Å². The molecule has 0 bridgehead atoms. The molecule has 12 heteroatoms. The first-order valence-corrected chi connectivity index (χ1v) is 14.3. The molecule has 0 spiro atoms. The average molecular weight is 602 g/mol. The van der Waals surface area contributed by atoms with Gasteiger partial charge >= 0.3 is 5.97 Å². The number of nitrogens with one attached hydrogen (secondary N) is 4. The summed E-state index contributed by atoms with van der Waals surface area (Å²) in [6.45, 7) is 3.55. The predicted octanol–water partition coefficient (Wildman–Crippen LogP) is 2.63. The van der Waals surface area contributed by atoms with E-state index in [0.717, 1.165) is 0 Å². The van der Waals surface area contributed by atoms with Crippen LogP contribution in [0.2, 0.25) is 0 Å². The number of aromatic nitrogens is 1. The van der Waals surface area contributed by atoms with Gasteiger partial charge in [-0.2, -0.15) is 5.26 Å². The monoisotopic (exact) mass is 601 g/mol. The fourth-order valence-electron chi connectivity index (χ4n) is 5.14. The van der Waals surface area contributed by atoms with Gasteiger partial charge in [0, 0.05) is 23.4 Å². The maximum absolute atomic E-state index is 13.6. The molecule has 1 aromatic heterocycles. The zero-order chi connectivity index (χ0) is 31.8. The maximum atomic E-state index is 13.6. The second-order valence-electron chi connectivity index (χ2n) is 11.0. The minimum Gasteiger partial charge on any atom is -0.496 e. The van der Waals surface area contributed by atoms with Gasteiger partial charge in [0.2, 0.25) is 11.8 Å². The van der Waals surface area contributed by atoms with Gasteiger partial charge in [-0.05, 0) is 55.5 Å². The fourth-order valence-corrected chi connectivity index (χ4v) is 5.14. The molecule has 0 aliphatic carbocycles. The number of nitriles is 1. The summed E-state index contributed by atoms with van der Waals surface area (Å²) in [5, 5.41) is 18.2. The molecule has 4 rings (SSSR count). The van der Waals surface area contributed by atoms with Crippen LogP contribution in [0.25, 0.3) is 10.9 Å². The van der Waals surface area contributed by atoms with E-state index in [2.05, 4.69) is 20.9 Å². The van der Waals surface area contributed by atoms with Gasteiger partial charge in [0.15, 0.2) is 12.4 Å². The molecule has 1 fully saturated rings. The van der Waals surface area contributed by atoms with Crippen molar-refractivity contribution in [2.45, 2.75) is 45.2 Å². The van der Waals surface area contributed by atoms with Gasteiger partial charge in [0.1, 0.15) is 23.6 Å². The van der Waals surface area contributed by atoms with Crippen molar-refractivity contribution < 1.29 is 33.4 Å². The van der Waals surface area contributed by atoms with Gasteiger partial charge in [0.05, 0.1) is 24.3 Å². The number of aromatic amines is 1. The first kappa shape index (κ1) is 31.7. The largest absolute Gasteiger partial charge is 0.496 e. The number of methoxy groups -OCH3 is 1. The molecular weight excluding hydrogens is 566 g/mol. The van der Waals surface area contributed by atoms with Crippen molar-refractivity contribution in [2.75, 3.05) is 20.3 Å². The smallest absolute Gasteiger partial charge is 0.339 e. The first-order valence-electron chi connectivity index (χ1n) is 14.3. The SMILES string of the molecule is COc1cccc2[nH]c(C(=O)N[C@H](CC(C)C)C(=O)N[C@H](CC3CCNC3=O)C(=O)COC(=O)c3ccccc3C#N)cc12. The van der Waals surface area contributed by atoms with Crippen LogP contribution in [0.15, 0.2) is 48.5 Å². The normalized spacial score (nSPS) is 15.6. The van der Waals surface area contributed by atoms with E-state index in [0.29, 0.717) is 29.6 Å². The van der Waals surface area contributed by atoms with Crippen molar-refractivity contribution in [1.82, 2.24) is 20.9 Å². The number of ketones is 1. The van der Waals surface area contributed by atoms with Crippen LogP contribution in [0.1, 0.15) is 59.5 Å². The molecule has 0 saturated carbocycles. The number of Topliss-reactive ketones (excluding diaryl/α,β-unsaturated/α-hetero) is 1. The second kappa shape index (κ2) is 14.3. The van der Waals surface area contributed by atoms with Gasteiger partial charge in [0.25, 0.3) is 5.91 Å². The highest BCUT2D eigenvalue weighted by molar-refractivity contribution is 6.02. The van der Waals surface area contributed by atoms with Gasteiger partial charge in [-0.25, -0.2) is 4.79 Å². The number of esters is 1. The van der Waals surface area contributed by atoms with Crippen molar-refractivity contribution >= 4 is 40.4 Å². The number of carbonyl (C=O) groups excluding carboxylic acids is 5. The molecule has 230 valence electrons. The maximum Gasteiger partial charge on any atom is 0.339 e. The Morgan fingerprint density at radius 3 is 2.52 bits per heavy atom. The molecule has 12 nitrogen and oxygen atoms in total. The summed E-state index contributed by atoms with van der Waals surface area (Å²) in [6, 6.07) is 12.8. The quantitative estimate of drug-likeness (QED) is 0.216. The van der Waals surface area contributed by atoms with E-state index >= 15 is 0 Å². The minimum atomic E-state index is -1.17. The lowest BCUT2D eigenvalue weighted by Crippen LogP contribution is -2.53. The summed E-state index contributed by atoms with van der Waals surface area (Å²) in [6.07, 6.45) is 0.739. The third-order valence-corrected chi connectivity index (χ3v) is 7.42. The van der Waals surface area contributed by atoms with Crippen molar-refractivity contribution in [1.29, 1.82) is 5.26 Å². The number of nitrogens with zero attached hydrogens (tertiary/aromatic N) is 1. The highest BCUT2D eigenvalue weighted by Gasteiger charge is 2.34. The topological polar surface area (TPSA) is 179 Å². The van der Waals surface area contributed by atoms with Crippen LogP contribution in [0, 0.1) is 23.2 Å². The lowest BCUT2D eigenvalue weighted by Gasteiger charge is -2.25. The molecule has 3 amide bonds. The van der Waals surface area contributed by atoms with E-state index in [1.54, 1.807) is 36.4 Å². The van der Waals surface area contributed by atoms with E-state index in [-0.39, 0.29) is 41.5 Å². The molecule has 3 aromatic rings. The van der Waals surface area contributed by atoms with Gasteiger partial charge in [-0.15, -0.1) is 0 Å². The Labute approximate surface area is 254 Å². The van der Waals surface area contributed by atoms with E-state index in [4.69, 9.17) is 9.47 Å². The minimum absolute atomic E-state index is 0.00442. The van der Waals surface area contributed by atoms with Gasteiger partial charge < -0.3 is 30.4 Å². The molecule has 1 aliphatic rings. The molecule has 2 aromatic carbocycles. The Kier molecular flexibility index (Phi) is 10.3. The molecule has 44 heavy (non-hydrogen) atoms. The number of H-pyrrole nitrogens is 1. The third-order valence-electron chi connectivity index (χ3n) is 7.42. The van der Waals surface area contributed by atoms with Crippen LogP contribution in [0.3, 0.4) is 0 Å². The van der Waals surface area contributed by atoms with Crippen LogP contribution in [-0.2, 0) is 19.1 Å². The molecule has 3 atom stereocenters. The predicted molar refractivity (Wildman–Crippen MR) is 160 cm³/mol. The van der Waals surface area contributed by atoms with E-state index in [1.807, 2.05) is 19.9 Å². The summed E-state index contributed by atoms with van der Waals surface area (Å²) < 4.78 is 10.6. The number of hydrogen-bond donors (Lipinski definition) is 4. The molecule has 1 aliphatic heterocycles. The van der Waals surface area contributed by atoms with Crippen molar-refractivity contribution in [3.05, 3.63) is 65.4 Å². The van der Waals surface area contributed by atoms with E-state index < -0.39 is 48.2 Å². The number of carbonyl (C=O) groups is 5. The summed E-state index contributed by atoms with van der Waals surface area (Å²) in [4.78, 5) is 68.1. The molecule has 4 N–H and O–H groups in total. The van der Waals surface area contributed by atoms with Crippen LogP contribution < -0.4 is 20.7 Å². The first-order chi connectivity index (χ1) is 21.1. The summed E-state index contributed by atoms with van der Waals surface area (Å²) in [5.41, 5.74) is 1.02.